The second-order valence-electron chi connectivity index (χ2n) is 4.09. The predicted molar refractivity (Wildman–Crippen MR) is 63.3 cm³/mol. The molecule has 1 aromatic rings. The molecule has 0 aromatic heterocycles. The summed E-state index contributed by atoms with van der Waals surface area (Å²) in [5.74, 6) is 0.00819. The van der Waals surface area contributed by atoms with Crippen LogP contribution in [0, 0.1) is 6.92 Å². The van der Waals surface area contributed by atoms with Crippen molar-refractivity contribution in [2.45, 2.75) is 6.92 Å². The Kier molecular flexibility index (Phi) is 3.54. The molecule has 0 N–H and O–H groups in total. The maximum atomic E-state index is 12.1. The van der Waals surface area contributed by atoms with Gasteiger partial charge in [0.2, 0.25) is 0 Å². The molecule has 0 radical (unpaired) electrons. The lowest BCUT2D eigenvalue weighted by Gasteiger charge is -2.27. The lowest BCUT2D eigenvalue weighted by Crippen LogP contribution is -2.40. The largest absolute Gasteiger partial charge is 0.378 e. The van der Waals surface area contributed by atoms with Crippen LogP contribution in [0.4, 0.5) is 0 Å². The number of aldehydes is 1. The van der Waals surface area contributed by atoms with Crippen LogP contribution in [-0.4, -0.2) is 43.4 Å². The topological polar surface area (TPSA) is 46.6 Å². The molecule has 1 saturated heterocycles. The molecule has 1 fully saturated rings. The van der Waals surface area contributed by atoms with E-state index in [-0.39, 0.29) is 5.91 Å². The molecular weight excluding hydrogens is 218 g/mol. The van der Waals surface area contributed by atoms with E-state index in [1.165, 1.54) is 0 Å². The molecule has 0 saturated carbocycles. The van der Waals surface area contributed by atoms with Gasteiger partial charge in [-0.25, -0.2) is 0 Å². The van der Waals surface area contributed by atoms with Gasteiger partial charge in [0.15, 0.2) is 0 Å². The zero-order valence-corrected chi connectivity index (χ0v) is 9.81. The predicted octanol–water partition coefficient (Wildman–Crippen LogP) is 1.28. The van der Waals surface area contributed by atoms with E-state index in [0.717, 1.165) is 11.8 Å². The summed E-state index contributed by atoms with van der Waals surface area (Å²) >= 11 is 0. The van der Waals surface area contributed by atoms with Gasteiger partial charge in [-0.1, -0.05) is 6.07 Å². The summed E-state index contributed by atoms with van der Waals surface area (Å²) in [6, 6.07) is 5.16. The monoisotopic (exact) mass is 233 g/mol. The van der Waals surface area contributed by atoms with Gasteiger partial charge in [-0.3, -0.25) is 9.59 Å². The fourth-order valence-corrected chi connectivity index (χ4v) is 1.89. The highest BCUT2D eigenvalue weighted by molar-refractivity contribution is 5.95. The van der Waals surface area contributed by atoms with Gasteiger partial charge in [0.1, 0.15) is 6.29 Å². The molecule has 0 unspecified atom stereocenters. The first kappa shape index (κ1) is 11.8. The molecule has 0 atom stereocenters. The molecule has 1 aliphatic rings. The van der Waals surface area contributed by atoms with Gasteiger partial charge < -0.3 is 9.64 Å². The maximum absolute atomic E-state index is 12.1. The second-order valence-corrected chi connectivity index (χ2v) is 4.09. The number of nitrogens with zero attached hydrogens (tertiary/aromatic N) is 1. The zero-order valence-electron chi connectivity index (χ0n) is 9.81. The smallest absolute Gasteiger partial charge is 0.254 e. The molecule has 90 valence electrons. The third-order valence-corrected chi connectivity index (χ3v) is 2.94. The van der Waals surface area contributed by atoms with Crippen LogP contribution in [0.2, 0.25) is 0 Å². The Morgan fingerprint density at radius 2 is 2.06 bits per heavy atom. The summed E-state index contributed by atoms with van der Waals surface area (Å²) in [7, 11) is 0. The van der Waals surface area contributed by atoms with Gasteiger partial charge in [0.25, 0.3) is 5.91 Å². The van der Waals surface area contributed by atoms with Gasteiger partial charge >= 0.3 is 0 Å². The Hall–Kier alpha value is -1.68. The lowest BCUT2D eigenvalue weighted by molar-refractivity contribution is 0.0303. The molecule has 0 aliphatic carbocycles. The van der Waals surface area contributed by atoms with Crippen LogP contribution in [0.25, 0.3) is 0 Å². The van der Waals surface area contributed by atoms with Gasteiger partial charge in [0, 0.05) is 24.2 Å². The van der Waals surface area contributed by atoms with Gasteiger partial charge in [0.05, 0.1) is 13.2 Å². The first-order chi connectivity index (χ1) is 8.22. The third-order valence-electron chi connectivity index (χ3n) is 2.94. The van der Waals surface area contributed by atoms with E-state index in [0.29, 0.717) is 37.4 Å². The lowest BCUT2D eigenvalue weighted by atomic mass is 10.1. The first-order valence-corrected chi connectivity index (χ1v) is 5.65. The quantitative estimate of drug-likeness (QED) is 0.723. The zero-order chi connectivity index (χ0) is 12.3. The van der Waals surface area contributed by atoms with E-state index < -0.39 is 0 Å². The summed E-state index contributed by atoms with van der Waals surface area (Å²) < 4.78 is 5.21. The summed E-state index contributed by atoms with van der Waals surface area (Å²) in [4.78, 5) is 24.6. The number of aryl methyl sites for hydroxylation is 1. The minimum absolute atomic E-state index is 0.00819. The molecule has 4 heteroatoms. The van der Waals surface area contributed by atoms with Crippen LogP contribution >= 0.6 is 0 Å². The van der Waals surface area contributed by atoms with Crippen LogP contribution in [-0.2, 0) is 4.74 Å². The van der Waals surface area contributed by atoms with Crippen molar-refractivity contribution in [2.24, 2.45) is 0 Å². The number of morpholine rings is 1. The molecule has 17 heavy (non-hydrogen) atoms. The number of carbonyl (C=O) groups excluding carboxylic acids is 2. The van der Waals surface area contributed by atoms with E-state index in [1.54, 1.807) is 23.1 Å². The maximum Gasteiger partial charge on any atom is 0.254 e. The standard InChI is InChI=1S/C13H15NO3/c1-10-8-11(2-3-12(10)9-15)13(16)14-4-6-17-7-5-14/h2-3,8-9H,4-7H2,1H3. The van der Waals surface area contributed by atoms with E-state index in [2.05, 4.69) is 0 Å². The van der Waals surface area contributed by atoms with Gasteiger partial charge in [-0.05, 0) is 24.6 Å². The average molecular weight is 233 g/mol. The highest BCUT2D eigenvalue weighted by Crippen LogP contribution is 2.12. The number of carbonyl (C=O) groups is 2. The number of hydrogen-bond donors (Lipinski definition) is 0. The van der Waals surface area contributed by atoms with Crippen molar-refractivity contribution in [3.05, 3.63) is 34.9 Å². The fraction of sp³-hybridized carbons (Fsp3) is 0.385. The van der Waals surface area contributed by atoms with E-state index in [4.69, 9.17) is 4.74 Å². The first-order valence-electron chi connectivity index (χ1n) is 5.65. The van der Waals surface area contributed by atoms with Crippen LogP contribution in [0.15, 0.2) is 18.2 Å². The van der Waals surface area contributed by atoms with Crippen molar-refractivity contribution in [3.63, 3.8) is 0 Å². The number of hydrogen-bond acceptors (Lipinski definition) is 3. The number of amides is 1. The third kappa shape index (κ3) is 2.53. The fourth-order valence-electron chi connectivity index (χ4n) is 1.89. The van der Waals surface area contributed by atoms with E-state index in [9.17, 15) is 9.59 Å². The SMILES string of the molecule is Cc1cc(C(=O)N2CCOCC2)ccc1C=O. The summed E-state index contributed by atoms with van der Waals surface area (Å²) in [6.07, 6.45) is 0.804. The van der Waals surface area contributed by atoms with Gasteiger partial charge in [-0.15, -0.1) is 0 Å². The van der Waals surface area contributed by atoms with Crippen molar-refractivity contribution in [2.75, 3.05) is 26.3 Å². The highest BCUT2D eigenvalue weighted by Gasteiger charge is 2.18. The Balaban J connectivity index is 2.18. The number of rotatable bonds is 2. The van der Waals surface area contributed by atoms with Crippen molar-refractivity contribution in [3.8, 4) is 0 Å². The van der Waals surface area contributed by atoms with Crippen molar-refractivity contribution < 1.29 is 14.3 Å². The molecule has 2 rings (SSSR count). The van der Waals surface area contributed by atoms with Crippen molar-refractivity contribution >= 4 is 12.2 Å². The molecule has 1 aromatic carbocycles. The normalized spacial score (nSPS) is 15.7. The van der Waals surface area contributed by atoms with E-state index >= 15 is 0 Å². The summed E-state index contributed by atoms with van der Waals surface area (Å²) in [5, 5.41) is 0. The van der Waals surface area contributed by atoms with Crippen LogP contribution < -0.4 is 0 Å². The molecule has 1 amide bonds. The van der Waals surface area contributed by atoms with Crippen LogP contribution in [0.1, 0.15) is 26.3 Å². The Labute approximate surface area is 100 Å². The van der Waals surface area contributed by atoms with Crippen LogP contribution in [0.3, 0.4) is 0 Å². The van der Waals surface area contributed by atoms with Crippen molar-refractivity contribution in [1.82, 2.24) is 4.90 Å². The Morgan fingerprint density at radius 1 is 1.35 bits per heavy atom. The molecular formula is C13H15NO3. The average Bonchev–Trinajstić information content (AvgIpc) is 2.39. The molecule has 4 nitrogen and oxygen atoms in total. The Bertz CT molecular complexity index is 436. The number of benzene rings is 1. The van der Waals surface area contributed by atoms with E-state index in [1.807, 2.05) is 6.92 Å². The minimum Gasteiger partial charge on any atom is -0.378 e. The molecule has 0 bridgehead atoms. The molecule has 1 aliphatic heterocycles. The molecule has 1 heterocycles. The Morgan fingerprint density at radius 3 is 2.65 bits per heavy atom. The number of ether oxygens (including phenoxy) is 1. The molecule has 0 spiro atoms. The van der Waals surface area contributed by atoms with Crippen molar-refractivity contribution in [1.29, 1.82) is 0 Å². The highest BCUT2D eigenvalue weighted by atomic mass is 16.5. The summed E-state index contributed by atoms with van der Waals surface area (Å²) in [5.41, 5.74) is 2.10. The second kappa shape index (κ2) is 5.10. The van der Waals surface area contributed by atoms with Gasteiger partial charge in [-0.2, -0.15) is 0 Å². The summed E-state index contributed by atoms with van der Waals surface area (Å²) in [6.45, 7) is 4.29. The minimum atomic E-state index is 0.00819. The van der Waals surface area contributed by atoms with Crippen LogP contribution in [0.5, 0.6) is 0 Å².